The summed E-state index contributed by atoms with van der Waals surface area (Å²) in [6, 6.07) is 0. The van der Waals surface area contributed by atoms with Crippen molar-refractivity contribution in [3.05, 3.63) is 23.8 Å². The summed E-state index contributed by atoms with van der Waals surface area (Å²) in [7, 11) is 0. The minimum absolute atomic E-state index is 0.153. The van der Waals surface area contributed by atoms with E-state index in [1.165, 1.54) is 13.0 Å². The second-order valence-electron chi connectivity index (χ2n) is 2.50. The first-order valence-electron chi connectivity index (χ1n) is 4.10. The van der Waals surface area contributed by atoms with Crippen molar-refractivity contribution in [2.75, 3.05) is 0 Å². The molecule has 0 aliphatic heterocycles. The predicted molar refractivity (Wildman–Crippen MR) is 48.9 cm³/mol. The Balaban J connectivity index is 0. The smallest absolute Gasteiger partial charge is 0.0668 e. The highest BCUT2D eigenvalue weighted by atomic mass is 16.4. The molecular formula is C10H14O4-2. The summed E-state index contributed by atoms with van der Waals surface area (Å²) in [6.45, 7) is 8.08. The molecule has 0 aliphatic carbocycles. The average Bonchev–Trinajstić information content (AvgIpc) is 2.15. The van der Waals surface area contributed by atoms with Crippen LogP contribution < -0.4 is 10.2 Å². The number of hydrogen-bond donors (Lipinski definition) is 0. The molecule has 0 aromatic rings. The van der Waals surface area contributed by atoms with Crippen LogP contribution in [0.3, 0.4) is 0 Å². The van der Waals surface area contributed by atoms with Crippen LogP contribution in [0.4, 0.5) is 0 Å². The molecular weight excluding hydrogens is 184 g/mol. The van der Waals surface area contributed by atoms with Crippen molar-refractivity contribution in [2.45, 2.75) is 27.2 Å². The van der Waals surface area contributed by atoms with Crippen LogP contribution in [0.5, 0.6) is 0 Å². The third-order valence-corrected chi connectivity index (χ3v) is 1.47. The molecule has 0 amide bonds. The number of allylic oxidation sites excluding steroid dienone is 1. The number of carbonyl (C=O) groups is 2. The molecule has 0 aliphatic rings. The minimum Gasteiger partial charge on any atom is -0.545 e. The van der Waals surface area contributed by atoms with Crippen molar-refractivity contribution < 1.29 is 19.8 Å². The lowest BCUT2D eigenvalue weighted by molar-refractivity contribution is -0.300. The lowest BCUT2D eigenvalue weighted by Crippen LogP contribution is -2.23. The van der Waals surface area contributed by atoms with Gasteiger partial charge in [0.25, 0.3) is 0 Å². The molecule has 4 nitrogen and oxygen atoms in total. The van der Waals surface area contributed by atoms with Gasteiger partial charge in [-0.3, -0.25) is 0 Å². The summed E-state index contributed by atoms with van der Waals surface area (Å²) in [5.41, 5.74) is 0.431. The van der Waals surface area contributed by atoms with E-state index in [9.17, 15) is 19.8 Å². The van der Waals surface area contributed by atoms with E-state index in [0.717, 1.165) is 0 Å². The number of carbonyl (C=O) groups excluding carboxylic acids is 2. The van der Waals surface area contributed by atoms with Crippen LogP contribution in [0, 0.1) is 0 Å². The van der Waals surface area contributed by atoms with Crippen molar-refractivity contribution >= 4 is 11.9 Å². The molecule has 0 saturated heterocycles. The summed E-state index contributed by atoms with van der Waals surface area (Å²) >= 11 is 0. The molecule has 0 heterocycles. The zero-order valence-corrected chi connectivity index (χ0v) is 8.62. The second-order valence-corrected chi connectivity index (χ2v) is 2.50. The van der Waals surface area contributed by atoms with E-state index in [2.05, 4.69) is 6.58 Å². The number of rotatable bonds is 3. The summed E-state index contributed by atoms with van der Waals surface area (Å²) in [6.07, 6.45) is 1.96. The van der Waals surface area contributed by atoms with E-state index in [0.29, 0.717) is 6.42 Å². The molecule has 0 N–H and O–H groups in total. The standard InChI is InChI=1S/2C5H8O2/c2*1-3-4(2)5(6)7/h3H,1-2H3,(H,6,7);2-3H2,1H3,(H,6,7)/p-2/b4-3+;. The zero-order valence-electron chi connectivity index (χ0n) is 8.62. The Bertz CT molecular complexity index is 251. The fourth-order valence-electron chi connectivity index (χ4n) is 0.262. The highest BCUT2D eigenvalue weighted by molar-refractivity contribution is 5.83. The Morgan fingerprint density at radius 3 is 1.71 bits per heavy atom. The lowest BCUT2D eigenvalue weighted by Gasteiger charge is -1.98. The number of carboxylic acid groups (broad SMARTS) is 2. The van der Waals surface area contributed by atoms with E-state index in [-0.39, 0.29) is 11.1 Å². The Hall–Kier alpha value is -1.58. The van der Waals surface area contributed by atoms with Crippen LogP contribution in [-0.4, -0.2) is 11.9 Å². The van der Waals surface area contributed by atoms with Crippen LogP contribution in [0.2, 0.25) is 0 Å². The number of carboxylic acids is 2. The number of aliphatic carboxylic acids is 2. The van der Waals surface area contributed by atoms with Crippen molar-refractivity contribution in [3.8, 4) is 0 Å². The first-order chi connectivity index (χ1) is 6.36. The van der Waals surface area contributed by atoms with Gasteiger partial charge in [0, 0.05) is 0 Å². The van der Waals surface area contributed by atoms with Gasteiger partial charge in [0.15, 0.2) is 0 Å². The molecule has 0 spiro atoms. The van der Waals surface area contributed by atoms with Gasteiger partial charge in [0.1, 0.15) is 0 Å². The Morgan fingerprint density at radius 1 is 1.29 bits per heavy atom. The van der Waals surface area contributed by atoms with Crippen LogP contribution in [0.15, 0.2) is 23.8 Å². The highest BCUT2D eigenvalue weighted by Crippen LogP contribution is 1.90. The molecule has 0 aromatic carbocycles. The largest absolute Gasteiger partial charge is 0.545 e. The molecule has 0 bridgehead atoms. The van der Waals surface area contributed by atoms with Gasteiger partial charge >= 0.3 is 0 Å². The van der Waals surface area contributed by atoms with Gasteiger partial charge < -0.3 is 19.8 Å². The molecule has 0 saturated carbocycles. The Labute approximate surface area is 83.6 Å². The molecule has 14 heavy (non-hydrogen) atoms. The molecule has 4 heteroatoms. The highest BCUT2D eigenvalue weighted by Gasteiger charge is 1.84. The Kier molecular flexibility index (Phi) is 8.57. The maximum atomic E-state index is 9.75. The maximum absolute atomic E-state index is 9.75. The van der Waals surface area contributed by atoms with E-state index in [1.807, 2.05) is 0 Å². The fourth-order valence-corrected chi connectivity index (χ4v) is 0.262. The monoisotopic (exact) mass is 198 g/mol. The molecule has 0 atom stereocenters. The third kappa shape index (κ3) is 8.52. The molecule has 0 fully saturated rings. The summed E-state index contributed by atoms with van der Waals surface area (Å²) in [4.78, 5) is 19.5. The summed E-state index contributed by atoms with van der Waals surface area (Å²) in [5, 5.41) is 19.5. The van der Waals surface area contributed by atoms with E-state index in [4.69, 9.17) is 0 Å². The van der Waals surface area contributed by atoms with Gasteiger partial charge in [-0.25, -0.2) is 0 Å². The first kappa shape index (κ1) is 14.9. The van der Waals surface area contributed by atoms with E-state index < -0.39 is 11.9 Å². The van der Waals surface area contributed by atoms with Gasteiger partial charge in [0.05, 0.1) is 11.9 Å². The van der Waals surface area contributed by atoms with Gasteiger partial charge in [-0.2, -0.15) is 0 Å². The minimum atomic E-state index is -1.15. The second kappa shape index (κ2) is 8.04. The molecule has 0 aromatic heterocycles. The molecule has 0 radical (unpaired) electrons. The summed E-state index contributed by atoms with van der Waals surface area (Å²) in [5.74, 6) is -2.25. The normalized spacial score (nSPS) is 9.79. The maximum Gasteiger partial charge on any atom is 0.0668 e. The van der Waals surface area contributed by atoms with E-state index in [1.54, 1.807) is 13.8 Å². The van der Waals surface area contributed by atoms with E-state index >= 15 is 0 Å². The van der Waals surface area contributed by atoms with Gasteiger partial charge in [-0.05, 0) is 31.4 Å². The topological polar surface area (TPSA) is 80.3 Å². The van der Waals surface area contributed by atoms with Crippen molar-refractivity contribution in [1.82, 2.24) is 0 Å². The molecule has 0 unspecified atom stereocenters. The van der Waals surface area contributed by atoms with Crippen LogP contribution >= 0.6 is 0 Å². The van der Waals surface area contributed by atoms with Gasteiger partial charge in [-0.15, -0.1) is 0 Å². The van der Waals surface area contributed by atoms with Crippen LogP contribution in [0.25, 0.3) is 0 Å². The fraction of sp³-hybridized carbons (Fsp3) is 0.400. The Morgan fingerprint density at radius 2 is 1.71 bits per heavy atom. The van der Waals surface area contributed by atoms with Crippen molar-refractivity contribution in [2.24, 2.45) is 0 Å². The number of hydrogen-bond acceptors (Lipinski definition) is 4. The lowest BCUT2D eigenvalue weighted by atomic mass is 10.2. The molecule has 0 rings (SSSR count). The van der Waals surface area contributed by atoms with Crippen molar-refractivity contribution in [3.63, 3.8) is 0 Å². The zero-order chi connectivity index (χ0) is 11.7. The average molecular weight is 198 g/mol. The predicted octanol–water partition coefficient (Wildman–Crippen LogP) is -0.595. The summed E-state index contributed by atoms with van der Waals surface area (Å²) < 4.78 is 0. The molecule has 80 valence electrons. The van der Waals surface area contributed by atoms with Crippen molar-refractivity contribution in [1.29, 1.82) is 0 Å². The van der Waals surface area contributed by atoms with Gasteiger partial charge in [-0.1, -0.05) is 19.6 Å². The quantitative estimate of drug-likeness (QED) is 0.567. The van der Waals surface area contributed by atoms with Gasteiger partial charge in [0.2, 0.25) is 0 Å². The third-order valence-electron chi connectivity index (χ3n) is 1.47. The van der Waals surface area contributed by atoms with Crippen LogP contribution in [0.1, 0.15) is 27.2 Å². The van der Waals surface area contributed by atoms with Crippen LogP contribution in [-0.2, 0) is 9.59 Å². The first-order valence-corrected chi connectivity index (χ1v) is 4.10. The SMILES string of the molecule is C/C=C(\C)C(=O)[O-].C=C(CC)C(=O)[O-].